The van der Waals surface area contributed by atoms with Crippen LogP contribution >= 0.6 is 0 Å². The van der Waals surface area contributed by atoms with E-state index in [1.165, 1.54) is 0 Å². The quantitative estimate of drug-likeness (QED) is 0.454. The Labute approximate surface area is 104 Å². The van der Waals surface area contributed by atoms with Crippen LogP contribution in [0.5, 0.6) is 0 Å². The van der Waals surface area contributed by atoms with Gasteiger partial charge in [0.25, 0.3) is 0 Å². The summed E-state index contributed by atoms with van der Waals surface area (Å²) in [5.41, 5.74) is 1.85. The number of carbonyl (C=O) groups excluding carboxylic acids is 1. The van der Waals surface area contributed by atoms with Crippen molar-refractivity contribution in [2.75, 3.05) is 17.3 Å². The van der Waals surface area contributed by atoms with E-state index in [-0.39, 0.29) is 29.8 Å². The van der Waals surface area contributed by atoms with Crippen molar-refractivity contribution in [3.63, 3.8) is 0 Å². The van der Waals surface area contributed by atoms with Crippen LogP contribution in [-0.2, 0) is 4.79 Å². The molecule has 1 aromatic rings. The first-order valence-corrected chi connectivity index (χ1v) is 5.36. The Morgan fingerprint density at radius 1 is 1.50 bits per heavy atom. The molecule has 0 fully saturated rings. The average molecular weight is 256 g/mol. The number of amides is 1. The van der Waals surface area contributed by atoms with E-state index in [2.05, 4.69) is 26.0 Å². The molecular weight excluding hydrogens is 239 g/mol. The van der Waals surface area contributed by atoms with Gasteiger partial charge in [-0.05, 0) is 20.8 Å². The highest BCUT2D eigenvalue weighted by Crippen LogP contribution is 2.10. The molecule has 0 aliphatic heterocycles. The molecule has 0 atom stereocenters. The zero-order chi connectivity index (χ0) is 13.8. The smallest absolute Gasteiger partial charge is 0.239 e. The molecule has 5 N–H and O–H groups in total. The number of nitrogens with zero attached hydrogens (tertiary/aromatic N) is 2. The van der Waals surface area contributed by atoms with Crippen LogP contribution in [0.15, 0.2) is 6.20 Å². The third-order valence-corrected chi connectivity index (χ3v) is 1.80. The molecule has 0 unspecified atom stereocenters. The number of hydrogen-bond donors (Lipinski definition) is 4. The summed E-state index contributed by atoms with van der Waals surface area (Å²) in [5.74, 6) is 4.17. The number of hydrogen-bond acceptors (Lipinski definition) is 6. The van der Waals surface area contributed by atoms with Gasteiger partial charge in [-0.15, -0.1) is 0 Å². The van der Waals surface area contributed by atoms with Crippen molar-refractivity contribution in [2.24, 2.45) is 5.84 Å². The fourth-order valence-corrected chi connectivity index (χ4v) is 1.19. The molecule has 0 radical (unpaired) electrons. The second-order valence-electron chi connectivity index (χ2n) is 4.69. The predicted molar refractivity (Wildman–Crippen MR) is 66.2 cm³/mol. The maximum absolute atomic E-state index is 13.3. The summed E-state index contributed by atoms with van der Waals surface area (Å²) in [7, 11) is 0. The number of anilines is 2. The summed E-state index contributed by atoms with van der Waals surface area (Å²) in [5, 5.41) is 5.31. The maximum Gasteiger partial charge on any atom is 0.239 e. The second kappa shape index (κ2) is 5.58. The van der Waals surface area contributed by atoms with Crippen LogP contribution in [0.1, 0.15) is 20.8 Å². The van der Waals surface area contributed by atoms with E-state index < -0.39 is 5.82 Å². The highest BCUT2D eigenvalue weighted by molar-refractivity contribution is 5.81. The van der Waals surface area contributed by atoms with Gasteiger partial charge in [0, 0.05) is 5.54 Å². The first-order chi connectivity index (χ1) is 8.31. The van der Waals surface area contributed by atoms with E-state index in [0.717, 1.165) is 6.20 Å². The third-order valence-electron chi connectivity index (χ3n) is 1.80. The van der Waals surface area contributed by atoms with Gasteiger partial charge < -0.3 is 10.6 Å². The van der Waals surface area contributed by atoms with Crippen LogP contribution < -0.4 is 21.9 Å². The van der Waals surface area contributed by atoms with Crippen LogP contribution in [0.25, 0.3) is 0 Å². The molecule has 0 saturated heterocycles. The number of carbonyl (C=O) groups is 1. The van der Waals surface area contributed by atoms with Crippen LogP contribution in [0.2, 0.25) is 0 Å². The highest BCUT2D eigenvalue weighted by Gasteiger charge is 2.14. The minimum absolute atomic E-state index is 0.0649. The Bertz CT molecular complexity index is 431. The molecule has 8 heteroatoms. The van der Waals surface area contributed by atoms with Crippen molar-refractivity contribution in [2.45, 2.75) is 26.3 Å². The van der Waals surface area contributed by atoms with Crippen LogP contribution in [-0.4, -0.2) is 28.0 Å². The zero-order valence-corrected chi connectivity index (χ0v) is 10.5. The number of halogens is 1. The maximum atomic E-state index is 13.3. The zero-order valence-electron chi connectivity index (χ0n) is 10.5. The highest BCUT2D eigenvalue weighted by atomic mass is 19.1. The van der Waals surface area contributed by atoms with Gasteiger partial charge in [0.2, 0.25) is 11.9 Å². The number of nitrogens with two attached hydrogens (primary N) is 1. The lowest BCUT2D eigenvalue weighted by Gasteiger charge is -2.20. The summed E-state index contributed by atoms with van der Waals surface area (Å²) < 4.78 is 13.3. The molecule has 0 spiro atoms. The van der Waals surface area contributed by atoms with Crippen molar-refractivity contribution >= 4 is 17.7 Å². The second-order valence-corrected chi connectivity index (χ2v) is 4.69. The van der Waals surface area contributed by atoms with Crippen molar-refractivity contribution in [3.8, 4) is 0 Å². The van der Waals surface area contributed by atoms with Crippen molar-refractivity contribution in [3.05, 3.63) is 12.0 Å². The fraction of sp³-hybridized carbons (Fsp3) is 0.500. The number of nitrogens with one attached hydrogen (secondary N) is 3. The van der Waals surface area contributed by atoms with E-state index in [1.807, 2.05) is 20.8 Å². The molecule has 1 aromatic heterocycles. The Balaban J connectivity index is 2.60. The van der Waals surface area contributed by atoms with E-state index in [4.69, 9.17) is 5.84 Å². The minimum atomic E-state index is -0.655. The Hall–Kier alpha value is -1.96. The number of aromatic nitrogens is 2. The Morgan fingerprint density at radius 2 is 2.17 bits per heavy atom. The summed E-state index contributed by atoms with van der Waals surface area (Å²) in [6.45, 7) is 5.47. The van der Waals surface area contributed by atoms with Gasteiger partial charge in [0.1, 0.15) is 0 Å². The van der Waals surface area contributed by atoms with Gasteiger partial charge in [0.05, 0.1) is 12.7 Å². The van der Waals surface area contributed by atoms with Crippen LogP contribution in [0.4, 0.5) is 16.2 Å². The van der Waals surface area contributed by atoms with Gasteiger partial charge >= 0.3 is 0 Å². The fourth-order valence-electron chi connectivity index (χ4n) is 1.19. The molecule has 100 valence electrons. The average Bonchev–Trinajstić information content (AvgIpc) is 2.25. The molecule has 1 amide bonds. The van der Waals surface area contributed by atoms with Crippen molar-refractivity contribution in [1.29, 1.82) is 0 Å². The molecule has 7 nitrogen and oxygen atoms in total. The van der Waals surface area contributed by atoms with Gasteiger partial charge in [-0.2, -0.15) is 4.98 Å². The Morgan fingerprint density at radius 3 is 2.72 bits per heavy atom. The SMILES string of the molecule is CC(C)(C)NC(=O)CNc1nc(NN)ncc1F. The van der Waals surface area contributed by atoms with Gasteiger partial charge in [-0.3, -0.25) is 10.2 Å². The molecular formula is C10H17FN6O. The molecule has 0 aliphatic rings. The molecule has 0 bridgehead atoms. The summed E-state index contributed by atoms with van der Waals surface area (Å²) in [4.78, 5) is 18.8. The minimum Gasteiger partial charge on any atom is -0.358 e. The number of nitrogen functional groups attached to an aromatic ring is 1. The Kier molecular flexibility index (Phi) is 4.38. The molecule has 18 heavy (non-hydrogen) atoms. The lowest BCUT2D eigenvalue weighted by molar-refractivity contribution is -0.120. The molecule has 1 rings (SSSR count). The largest absolute Gasteiger partial charge is 0.358 e. The summed E-state index contributed by atoms with van der Waals surface area (Å²) >= 11 is 0. The molecule has 1 heterocycles. The molecule has 0 aliphatic carbocycles. The number of hydrazine groups is 1. The summed E-state index contributed by atoms with van der Waals surface area (Å²) in [6.07, 6.45) is 0.964. The van der Waals surface area contributed by atoms with Crippen molar-refractivity contribution < 1.29 is 9.18 Å². The molecule has 0 aromatic carbocycles. The molecule has 0 saturated carbocycles. The van der Waals surface area contributed by atoms with Gasteiger partial charge in [-0.1, -0.05) is 0 Å². The number of rotatable bonds is 4. The van der Waals surface area contributed by atoms with E-state index in [9.17, 15) is 9.18 Å². The standard InChI is InChI=1S/C10H17FN6O/c1-10(2,3)16-7(18)5-13-8-6(11)4-14-9(15-8)17-12/h4H,5,12H2,1-3H3,(H,16,18)(H2,13,14,15,17). The van der Waals surface area contributed by atoms with E-state index in [0.29, 0.717) is 0 Å². The van der Waals surface area contributed by atoms with Gasteiger partial charge in [0.15, 0.2) is 11.6 Å². The third kappa shape index (κ3) is 4.50. The van der Waals surface area contributed by atoms with Crippen LogP contribution in [0, 0.1) is 5.82 Å². The first-order valence-electron chi connectivity index (χ1n) is 5.36. The topological polar surface area (TPSA) is 105 Å². The van der Waals surface area contributed by atoms with E-state index >= 15 is 0 Å². The van der Waals surface area contributed by atoms with Gasteiger partial charge in [-0.25, -0.2) is 15.2 Å². The lowest BCUT2D eigenvalue weighted by Crippen LogP contribution is -2.43. The monoisotopic (exact) mass is 256 g/mol. The van der Waals surface area contributed by atoms with Crippen LogP contribution in [0.3, 0.4) is 0 Å². The van der Waals surface area contributed by atoms with E-state index in [1.54, 1.807) is 0 Å². The first kappa shape index (κ1) is 14.1. The normalized spacial score (nSPS) is 10.9. The predicted octanol–water partition coefficient (Wildman–Crippen LogP) is 0.228. The lowest BCUT2D eigenvalue weighted by atomic mass is 10.1. The van der Waals surface area contributed by atoms with Crippen molar-refractivity contribution in [1.82, 2.24) is 15.3 Å². The summed E-state index contributed by atoms with van der Waals surface area (Å²) in [6, 6.07) is 0.